The molecule has 2 atom stereocenters. The van der Waals surface area contributed by atoms with Crippen molar-refractivity contribution in [2.75, 3.05) is 23.7 Å². The van der Waals surface area contributed by atoms with Gasteiger partial charge in [-0.3, -0.25) is 4.79 Å². The first-order valence-corrected chi connectivity index (χ1v) is 9.76. The van der Waals surface area contributed by atoms with Crippen LogP contribution in [0.25, 0.3) is 0 Å². The van der Waals surface area contributed by atoms with E-state index in [9.17, 15) is 22.0 Å². The first kappa shape index (κ1) is 22.6. The molecule has 26 heavy (non-hydrogen) atoms. The second-order valence-electron chi connectivity index (χ2n) is 6.07. The Morgan fingerprint density at radius 2 is 2.00 bits per heavy atom. The van der Waals surface area contributed by atoms with E-state index < -0.39 is 20.5 Å². The molecule has 2 rings (SSSR count). The molecule has 0 unspecified atom stereocenters. The summed E-state index contributed by atoms with van der Waals surface area (Å²) < 4.78 is 48.9. The van der Waals surface area contributed by atoms with E-state index in [4.69, 9.17) is 5.73 Å². The highest BCUT2D eigenvalue weighted by molar-refractivity contribution is 7.91. The van der Waals surface area contributed by atoms with Gasteiger partial charge in [0.1, 0.15) is 0 Å². The first-order chi connectivity index (χ1) is 11.8. The van der Waals surface area contributed by atoms with Gasteiger partial charge < -0.3 is 16.4 Å². The van der Waals surface area contributed by atoms with Crippen molar-refractivity contribution in [3.63, 3.8) is 0 Å². The minimum Gasteiger partial charge on any atom is -0.384 e. The van der Waals surface area contributed by atoms with Crippen LogP contribution in [0.4, 0.5) is 20.2 Å². The summed E-state index contributed by atoms with van der Waals surface area (Å²) >= 11 is 0. The van der Waals surface area contributed by atoms with Crippen LogP contribution < -0.4 is 16.4 Å². The smallest absolute Gasteiger partial charge is 0.341 e. The maximum atomic E-state index is 12.8. The lowest BCUT2D eigenvalue weighted by Crippen LogP contribution is -2.30. The zero-order valence-corrected chi connectivity index (χ0v) is 16.0. The number of anilines is 2. The van der Waals surface area contributed by atoms with Gasteiger partial charge in [0.05, 0.1) is 16.3 Å². The van der Waals surface area contributed by atoms with Crippen molar-refractivity contribution in [1.82, 2.24) is 0 Å². The molecule has 1 saturated carbocycles. The van der Waals surface area contributed by atoms with Gasteiger partial charge in [-0.15, -0.1) is 12.4 Å². The molecule has 6 nitrogen and oxygen atoms in total. The van der Waals surface area contributed by atoms with Crippen LogP contribution in [-0.2, 0) is 14.6 Å². The normalized spacial score (nSPS) is 19.9. The van der Waals surface area contributed by atoms with Crippen molar-refractivity contribution < 1.29 is 22.0 Å². The number of hydrogen-bond donors (Lipinski definition) is 3. The number of rotatable bonds is 7. The third kappa shape index (κ3) is 4.83. The summed E-state index contributed by atoms with van der Waals surface area (Å²) in [4.78, 5) is 12.0. The van der Waals surface area contributed by atoms with Crippen molar-refractivity contribution in [1.29, 1.82) is 0 Å². The molecule has 0 heterocycles. The van der Waals surface area contributed by atoms with Crippen LogP contribution in [0.5, 0.6) is 0 Å². The monoisotopic (exact) mass is 411 g/mol. The molecule has 1 aliphatic carbocycles. The van der Waals surface area contributed by atoms with Crippen molar-refractivity contribution in [3.05, 3.63) is 18.2 Å². The van der Waals surface area contributed by atoms with Crippen LogP contribution >= 0.6 is 12.4 Å². The number of carbonyl (C=O) groups is 1. The Labute approximate surface area is 158 Å². The molecule has 0 saturated heterocycles. The highest BCUT2D eigenvalue weighted by Crippen LogP contribution is 2.34. The lowest BCUT2D eigenvalue weighted by atomic mass is 9.95. The molecule has 0 bridgehead atoms. The Bertz CT molecular complexity index is 731. The zero-order chi connectivity index (χ0) is 18.6. The highest BCUT2D eigenvalue weighted by Gasteiger charge is 2.33. The van der Waals surface area contributed by atoms with E-state index in [1.807, 2.05) is 6.92 Å². The zero-order valence-electron chi connectivity index (χ0n) is 14.4. The van der Waals surface area contributed by atoms with E-state index in [1.165, 1.54) is 6.07 Å². The summed E-state index contributed by atoms with van der Waals surface area (Å²) in [5, 5.41) is 5.67. The van der Waals surface area contributed by atoms with Gasteiger partial charge in [0.15, 0.2) is 0 Å². The van der Waals surface area contributed by atoms with Gasteiger partial charge in [-0.25, -0.2) is 8.42 Å². The largest absolute Gasteiger partial charge is 0.384 e. The van der Waals surface area contributed by atoms with Gasteiger partial charge in [-0.05, 0) is 50.4 Å². The number of hydrogen-bond acceptors (Lipinski definition) is 5. The van der Waals surface area contributed by atoms with E-state index in [0.717, 1.165) is 25.0 Å². The highest BCUT2D eigenvalue weighted by atomic mass is 35.5. The number of sulfone groups is 1. The average molecular weight is 412 g/mol. The summed E-state index contributed by atoms with van der Waals surface area (Å²) in [6.07, 6.45) is 2.48. The van der Waals surface area contributed by atoms with Gasteiger partial charge in [0.2, 0.25) is 15.7 Å². The van der Waals surface area contributed by atoms with Crippen LogP contribution in [0.15, 0.2) is 23.1 Å². The Hall–Kier alpha value is -1.45. The van der Waals surface area contributed by atoms with Crippen LogP contribution in [0.2, 0.25) is 0 Å². The Kier molecular flexibility index (Phi) is 8.23. The second kappa shape index (κ2) is 9.48. The van der Waals surface area contributed by atoms with Crippen LogP contribution in [-0.4, -0.2) is 33.2 Å². The van der Waals surface area contributed by atoms with Crippen LogP contribution in [0.1, 0.15) is 26.2 Å². The molecular formula is C16H24ClF2N3O3S. The van der Waals surface area contributed by atoms with Crippen molar-refractivity contribution in [2.24, 2.45) is 17.6 Å². The second-order valence-corrected chi connectivity index (χ2v) is 7.98. The first-order valence-electron chi connectivity index (χ1n) is 8.22. The average Bonchev–Trinajstić information content (AvgIpc) is 3.05. The molecule has 1 fully saturated rings. The van der Waals surface area contributed by atoms with E-state index in [2.05, 4.69) is 10.6 Å². The fraction of sp³-hybridized carbons (Fsp3) is 0.562. The molecule has 1 aromatic carbocycles. The maximum absolute atomic E-state index is 12.8. The number of alkyl halides is 2. The van der Waals surface area contributed by atoms with Gasteiger partial charge in [0.25, 0.3) is 0 Å². The number of benzene rings is 1. The molecule has 0 aliphatic heterocycles. The summed E-state index contributed by atoms with van der Waals surface area (Å²) in [5.74, 6) is -3.96. The number of nitrogens with two attached hydrogens (primary N) is 1. The third-order valence-electron chi connectivity index (χ3n) is 4.48. The molecule has 0 radical (unpaired) electrons. The summed E-state index contributed by atoms with van der Waals surface area (Å²) in [5.41, 5.74) is 6.35. The fourth-order valence-corrected chi connectivity index (χ4v) is 3.89. The predicted molar refractivity (Wildman–Crippen MR) is 99.6 cm³/mol. The maximum Gasteiger partial charge on any atom is 0.341 e. The van der Waals surface area contributed by atoms with Crippen molar-refractivity contribution >= 4 is 39.5 Å². The predicted octanol–water partition coefficient (Wildman–Crippen LogP) is 2.85. The van der Waals surface area contributed by atoms with Gasteiger partial charge in [0, 0.05) is 12.5 Å². The van der Waals surface area contributed by atoms with E-state index >= 15 is 0 Å². The molecule has 0 aromatic heterocycles. The molecule has 148 valence electrons. The minimum absolute atomic E-state index is 0. The molecule has 1 aliphatic rings. The minimum atomic E-state index is -4.73. The van der Waals surface area contributed by atoms with Gasteiger partial charge in [-0.1, -0.05) is 6.42 Å². The molecule has 1 aromatic rings. The Balaban J connectivity index is 0.00000338. The molecule has 1 amide bonds. The van der Waals surface area contributed by atoms with Crippen molar-refractivity contribution in [3.8, 4) is 0 Å². The van der Waals surface area contributed by atoms with Crippen LogP contribution in [0, 0.1) is 11.8 Å². The topological polar surface area (TPSA) is 101 Å². The lowest BCUT2D eigenvalue weighted by molar-refractivity contribution is -0.120. The Morgan fingerprint density at radius 3 is 2.58 bits per heavy atom. The van der Waals surface area contributed by atoms with E-state index in [-0.39, 0.29) is 35.8 Å². The number of carbonyl (C=O) groups excluding carboxylic acids is 1. The fourth-order valence-electron chi connectivity index (χ4n) is 3.14. The lowest BCUT2D eigenvalue weighted by Gasteiger charge is -2.19. The van der Waals surface area contributed by atoms with E-state index in [0.29, 0.717) is 25.2 Å². The third-order valence-corrected chi connectivity index (χ3v) is 5.86. The molecule has 10 heteroatoms. The molecular weight excluding hydrogens is 388 g/mol. The summed E-state index contributed by atoms with van der Waals surface area (Å²) in [6.45, 7) is 2.76. The Morgan fingerprint density at radius 1 is 1.31 bits per heavy atom. The van der Waals surface area contributed by atoms with Crippen LogP contribution in [0.3, 0.4) is 0 Å². The van der Waals surface area contributed by atoms with Crippen molar-refractivity contribution in [2.45, 2.75) is 36.8 Å². The summed E-state index contributed by atoms with van der Waals surface area (Å²) in [7, 11) is -4.73. The van der Waals surface area contributed by atoms with Gasteiger partial charge >= 0.3 is 5.76 Å². The SMILES string of the molecule is CCNc1ccc(S(=O)(=O)C(F)F)cc1NC(=O)[C@@H]1CCC[C@@H]1CN.Cl. The number of halogens is 3. The van der Waals surface area contributed by atoms with E-state index in [1.54, 1.807) is 0 Å². The standard InChI is InChI=1S/C16H23F2N3O3S.ClH/c1-2-20-13-7-6-11(25(23,24)16(17)18)8-14(13)21-15(22)12-5-3-4-10(12)9-19;/h6-8,10,12,16,20H,2-5,9,19H2,1H3,(H,21,22);1H/t10-,12-;/m1./s1. The molecule has 0 spiro atoms. The van der Waals surface area contributed by atoms with Gasteiger partial charge in [-0.2, -0.15) is 8.78 Å². The number of nitrogens with one attached hydrogen (secondary N) is 2. The molecule has 4 N–H and O–H groups in total. The number of amides is 1. The quantitative estimate of drug-likeness (QED) is 0.640. The summed E-state index contributed by atoms with van der Waals surface area (Å²) in [6, 6.07) is 3.56.